The van der Waals surface area contributed by atoms with Gasteiger partial charge in [0.05, 0.1) is 6.61 Å². The van der Waals surface area contributed by atoms with E-state index in [9.17, 15) is 9.59 Å². The second-order valence-corrected chi connectivity index (χ2v) is 5.35. The lowest BCUT2D eigenvalue weighted by Crippen LogP contribution is -2.12. The number of aromatic nitrogens is 2. The Bertz CT molecular complexity index is 837. The average Bonchev–Trinajstić information content (AvgIpc) is 3.15. The molecule has 0 fully saturated rings. The Balaban J connectivity index is 1.74. The van der Waals surface area contributed by atoms with Crippen molar-refractivity contribution in [1.82, 2.24) is 9.97 Å². The number of amides is 1. The number of hydrogen-bond acceptors (Lipinski definition) is 5. The maximum atomic E-state index is 12.2. The Morgan fingerprint density at radius 3 is 3.05 bits per heavy atom. The second-order valence-electron chi connectivity index (χ2n) is 4.49. The minimum atomic E-state index is -0.493. The van der Waals surface area contributed by atoms with E-state index in [2.05, 4.69) is 15.3 Å². The number of ether oxygens (including phenoxy) is 1. The molecule has 0 saturated carbocycles. The van der Waals surface area contributed by atoms with Crippen molar-refractivity contribution in [2.45, 2.75) is 6.92 Å². The Labute approximate surface area is 130 Å². The molecule has 3 aromatic rings. The minimum Gasteiger partial charge on any atom is -0.461 e. The van der Waals surface area contributed by atoms with Crippen molar-refractivity contribution < 1.29 is 14.3 Å². The number of esters is 1. The molecule has 0 saturated heterocycles. The Morgan fingerprint density at radius 2 is 2.23 bits per heavy atom. The molecule has 0 aliphatic heterocycles. The number of H-pyrrole nitrogens is 1. The SMILES string of the molecule is CCOC(=O)c1csc(NC(=O)c2ccc3cc[nH]c3c2)n1. The van der Waals surface area contributed by atoms with Gasteiger partial charge in [-0.25, -0.2) is 9.78 Å². The maximum absolute atomic E-state index is 12.2. The van der Waals surface area contributed by atoms with Crippen LogP contribution in [0.3, 0.4) is 0 Å². The van der Waals surface area contributed by atoms with Gasteiger partial charge < -0.3 is 9.72 Å². The van der Waals surface area contributed by atoms with Crippen molar-refractivity contribution in [3.8, 4) is 0 Å². The third-order valence-electron chi connectivity index (χ3n) is 3.03. The summed E-state index contributed by atoms with van der Waals surface area (Å²) in [5.74, 6) is -0.770. The fraction of sp³-hybridized carbons (Fsp3) is 0.133. The number of benzene rings is 1. The molecule has 2 heterocycles. The van der Waals surface area contributed by atoms with Crippen LogP contribution in [0.1, 0.15) is 27.8 Å². The second kappa shape index (κ2) is 5.98. The van der Waals surface area contributed by atoms with Crippen LogP contribution in [-0.4, -0.2) is 28.5 Å². The van der Waals surface area contributed by atoms with E-state index in [0.717, 1.165) is 10.9 Å². The molecule has 1 aromatic carbocycles. The molecule has 0 atom stereocenters. The molecule has 0 bridgehead atoms. The summed E-state index contributed by atoms with van der Waals surface area (Å²) in [7, 11) is 0. The molecule has 0 unspecified atom stereocenters. The highest BCUT2D eigenvalue weighted by Gasteiger charge is 2.14. The first kappa shape index (κ1) is 14.3. The molecule has 2 N–H and O–H groups in total. The van der Waals surface area contributed by atoms with Gasteiger partial charge in [-0.05, 0) is 30.5 Å². The largest absolute Gasteiger partial charge is 0.461 e. The number of hydrogen-bond donors (Lipinski definition) is 2. The predicted octanol–water partition coefficient (Wildman–Crippen LogP) is 3.05. The molecular weight excluding hydrogens is 302 g/mol. The van der Waals surface area contributed by atoms with E-state index >= 15 is 0 Å². The summed E-state index contributed by atoms with van der Waals surface area (Å²) in [6, 6.07) is 7.31. The van der Waals surface area contributed by atoms with Gasteiger partial charge >= 0.3 is 5.97 Å². The number of anilines is 1. The van der Waals surface area contributed by atoms with Gasteiger partial charge in [0.1, 0.15) is 0 Å². The standard InChI is InChI=1S/C15H13N3O3S/c1-2-21-14(20)12-8-22-15(17-12)18-13(19)10-4-3-9-5-6-16-11(9)7-10/h3-8,16H,2H2,1H3,(H,17,18,19). The molecule has 0 aliphatic carbocycles. The minimum absolute atomic E-state index is 0.196. The Morgan fingerprint density at radius 1 is 1.36 bits per heavy atom. The van der Waals surface area contributed by atoms with E-state index in [1.807, 2.05) is 18.3 Å². The average molecular weight is 315 g/mol. The summed E-state index contributed by atoms with van der Waals surface area (Å²) in [6.07, 6.45) is 1.82. The van der Waals surface area contributed by atoms with Gasteiger partial charge in [-0.15, -0.1) is 11.3 Å². The van der Waals surface area contributed by atoms with E-state index < -0.39 is 5.97 Å². The molecule has 6 nitrogen and oxygen atoms in total. The van der Waals surface area contributed by atoms with E-state index in [-0.39, 0.29) is 18.2 Å². The van der Waals surface area contributed by atoms with E-state index in [1.165, 1.54) is 11.3 Å². The number of carbonyl (C=O) groups is 2. The van der Waals surface area contributed by atoms with Crippen molar-refractivity contribution >= 4 is 39.2 Å². The van der Waals surface area contributed by atoms with Gasteiger partial charge in [-0.2, -0.15) is 0 Å². The normalized spacial score (nSPS) is 10.6. The highest BCUT2D eigenvalue weighted by atomic mass is 32.1. The molecule has 3 rings (SSSR count). The van der Waals surface area contributed by atoms with Crippen molar-refractivity contribution in [3.05, 3.63) is 47.1 Å². The molecule has 0 radical (unpaired) electrons. The van der Waals surface area contributed by atoms with Crippen LogP contribution in [0.25, 0.3) is 10.9 Å². The summed E-state index contributed by atoms with van der Waals surface area (Å²) < 4.78 is 4.86. The van der Waals surface area contributed by atoms with Gasteiger partial charge in [0.15, 0.2) is 10.8 Å². The van der Waals surface area contributed by atoms with Crippen LogP contribution in [0.2, 0.25) is 0 Å². The summed E-state index contributed by atoms with van der Waals surface area (Å²) in [5.41, 5.74) is 1.60. The summed E-state index contributed by atoms with van der Waals surface area (Å²) in [6.45, 7) is 2.01. The number of carbonyl (C=O) groups excluding carboxylic acids is 2. The summed E-state index contributed by atoms with van der Waals surface area (Å²) in [4.78, 5) is 30.9. The predicted molar refractivity (Wildman–Crippen MR) is 84.3 cm³/mol. The molecular formula is C15H13N3O3S. The van der Waals surface area contributed by atoms with E-state index in [4.69, 9.17) is 4.74 Å². The maximum Gasteiger partial charge on any atom is 0.357 e. The lowest BCUT2D eigenvalue weighted by atomic mass is 10.1. The van der Waals surface area contributed by atoms with Crippen molar-refractivity contribution in [1.29, 1.82) is 0 Å². The van der Waals surface area contributed by atoms with Gasteiger partial charge in [0.25, 0.3) is 5.91 Å². The quantitative estimate of drug-likeness (QED) is 0.725. The molecule has 0 spiro atoms. The highest BCUT2D eigenvalue weighted by Crippen LogP contribution is 2.19. The van der Waals surface area contributed by atoms with Gasteiger partial charge in [-0.3, -0.25) is 10.1 Å². The van der Waals surface area contributed by atoms with Crippen LogP contribution in [0.15, 0.2) is 35.8 Å². The highest BCUT2D eigenvalue weighted by molar-refractivity contribution is 7.14. The first-order chi connectivity index (χ1) is 10.7. The summed E-state index contributed by atoms with van der Waals surface area (Å²) in [5, 5.41) is 5.63. The van der Waals surface area contributed by atoms with Crippen molar-refractivity contribution in [2.75, 3.05) is 11.9 Å². The number of fused-ring (bicyclic) bond motifs is 1. The monoisotopic (exact) mass is 315 g/mol. The van der Waals surface area contributed by atoms with Gasteiger partial charge in [-0.1, -0.05) is 6.07 Å². The topological polar surface area (TPSA) is 84.1 Å². The van der Waals surface area contributed by atoms with Crippen molar-refractivity contribution in [3.63, 3.8) is 0 Å². The van der Waals surface area contributed by atoms with Crippen LogP contribution < -0.4 is 5.32 Å². The van der Waals surface area contributed by atoms with Gasteiger partial charge in [0.2, 0.25) is 0 Å². The zero-order chi connectivity index (χ0) is 15.5. The summed E-state index contributed by atoms with van der Waals surface area (Å²) >= 11 is 1.18. The zero-order valence-electron chi connectivity index (χ0n) is 11.8. The molecule has 112 valence electrons. The zero-order valence-corrected chi connectivity index (χ0v) is 12.6. The molecule has 7 heteroatoms. The lowest BCUT2D eigenvalue weighted by molar-refractivity contribution is 0.0520. The fourth-order valence-electron chi connectivity index (χ4n) is 1.99. The third-order valence-corrected chi connectivity index (χ3v) is 3.78. The van der Waals surface area contributed by atoms with E-state index in [0.29, 0.717) is 10.7 Å². The third kappa shape index (κ3) is 2.84. The first-order valence-corrected chi connectivity index (χ1v) is 7.56. The van der Waals surface area contributed by atoms with Crippen LogP contribution in [0, 0.1) is 0 Å². The number of thiazole rings is 1. The molecule has 2 aromatic heterocycles. The molecule has 0 aliphatic rings. The number of nitrogens with zero attached hydrogens (tertiary/aromatic N) is 1. The number of aromatic amines is 1. The lowest BCUT2D eigenvalue weighted by Gasteiger charge is -2.02. The number of nitrogens with one attached hydrogen (secondary N) is 2. The van der Waals surface area contributed by atoms with Crippen LogP contribution >= 0.6 is 11.3 Å². The van der Waals surface area contributed by atoms with Crippen LogP contribution in [0.4, 0.5) is 5.13 Å². The number of rotatable bonds is 4. The van der Waals surface area contributed by atoms with Gasteiger partial charge in [0, 0.05) is 22.7 Å². The Hall–Kier alpha value is -2.67. The smallest absolute Gasteiger partial charge is 0.357 e. The molecule has 22 heavy (non-hydrogen) atoms. The van der Waals surface area contributed by atoms with Crippen LogP contribution in [0.5, 0.6) is 0 Å². The van der Waals surface area contributed by atoms with Crippen LogP contribution in [-0.2, 0) is 4.74 Å². The fourth-order valence-corrected chi connectivity index (χ4v) is 2.66. The van der Waals surface area contributed by atoms with Crippen molar-refractivity contribution in [2.24, 2.45) is 0 Å². The van der Waals surface area contributed by atoms with E-state index in [1.54, 1.807) is 24.4 Å². The molecule has 1 amide bonds. The first-order valence-electron chi connectivity index (χ1n) is 6.68. The Kier molecular flexibility index (Phi) is 3.88.